The highest BCUT2D eigenvalue weighted by atomic mass is 16.1. The van der Waals surface area contributed by atoms with E-state index in [-0.39, 0.29) is 17.6 Å². The summed E-state index contributed by atoms with van der Waals surface area (Å²) in [5.74, 6) is 6.52. The molecule has 0 amide bonds. The molecule has 1 heteroatoms. The molecule has 1 nitrogen and oxygen atoms in total. The first kappa shape index (κ1) is 13.6. The van der Waals surface area contributed by atoms with Gasteiger partial charge in [-0.2, -0.15) is 0 Å². The highest BCUT2D eigenvalue weighted by Gasteiger charge is 2.30. The molecule has 104 valence electrons. The van der Waals surface area contributed by atoms with Crippen molar-refractivity contribution in [3.05, 3.63) is 71.8 Å². The molecule has 0 aromatic heterocycles. The molecule has 0 spiro atoms. The fourth-order valence-electron chi connectivity index (χ4n) is 2.90. The zero-order valence-electron chi connectivity index (χ0n) is 12.0. The third-order valence-corrected chi connectivity index (χ3v) is 4.04. The second-order valence-electron chi connectivity index (χ2n) is 5.48. The van der Waals surface area contributed by atoms with Crippen LogP contribution in [0, 0.1) is 17.8 Å². The van der Waals surface area contributed by atoms with E-state index in [4.69, 9.17) is 0 Å². The molecule has 2 aromatic rings. The minimum absolute atomic E-state index is 0.0232. The monoisotopic (exact) mass is 274 g/mol. The van der Waals surface area contributed by atoms with Gasteiger partial charge in [-0.25, -0.2) is 0 Å². The number of rotatable bonds is 1. The zero-order chi connectivity index (χ0) is 14.5. The summed E-state index contributed by atoms with van der Waals surface area (Å²) in [6.45, 7) is 0. The fourth-order valence-corrected chi connectivity index (χ4v) is 2.90. The van der Waals surface area contributed by atoms with Crippen molar-refractivity contribution < 1.29 is 4.79 Å². The van der Waals surface area contributed by atoms with Gasteiger partial charge in [0.1, 0.15) is 0 Å². The van der Waals surface area contributed by atoms with Gasteiger partial charge in [0.05, 0.1) is 5.92 Å². The molecule has 1 aliphatic rings. The maximum atomic E-state index is 12.6. The lowest BCUT2D eigenvalue weighted by atomic mass is 9.77. The Kier molecular flexibility index (Phi) is 4.17. The molecule has 1 saturated carbocycles. The standard InChI is InChI=1S/C20H18O/c21-20-18(15-14-16-8-3-1-4-9-16)12-7-13-19(20)17-10-5-2-6-11-17/h1-6,8-11,18-19H,7,12-13H2/t18-,19+/m1/s1. The van der Waals surface area contributed by atoms with Crippen molar-refractivity contribution in [2.75, 3.05) is 0 Å². The van der Waals surface area contributed by atoms with Crippen LogP contribution in [0.25, 0.3) is 0 Å². The van der Waals surface area contributed by atoms with Gasteiger partial charge in [0.2, 0.25) is 0 Å². The molecular formula is C20H18O. The van der Waals surface area contributed by atoms with Gasteiger partial charge >= 0.3 is 0 Å². The summed E-state index contributed by atoms with van der Waals surface area (Å²) in [6.07, 6.45) is 2.91. The predicted molar refractivity (Wildman–Crippen MR) is 84.9 cm³/mol. The lowest BCUT2D eigenvalue weighted by Crippen LogP contribution is -2.26. The molecule has 0 radical (unpaired) electrons. The molecule has 1 aliphatic carbocycles. The number of hydrogen-bond acceptors (Lipinski definition) is 1. The van der Waals surface area contributed by atoms with Crippen molar-refractivity contribution in [3.8, 4) is 11.8 Å². The van der Waals surface area contributed by atoms with E-state index in [1.165, 1.54) is 0 Å². The Morgan fingerprint density at radius 3 is 2.24 bits per heavy atom. The average Bonchev–Trinajstić information content (AvgIpc) is 2.56. The summed E-state index contributed by atoms with van der Waals surface area (Å²) in [7, 11) is 0. The third-order valence-electron chi connectivity index (χ3n) is 4.04. The van der Waals surface area contributed by atoms with E-state index >= 15 is 0 Å². The van der Waals surface area contributed by atoms with Gasteiger partial charge < -0.3 is 0 Å². The van der Waals surface area contributed by atoms with Crippen LogP contribution in [0.2, 0.25) is 0 Å². The highest BCUT2D eigenvalue weighted by molar-refractivity contribution is 5.90. The Bertz CT molecular complexity index is 661. The molecule has 0 N–H and O–H groups in total. The number of carbonyl (C=O) groups is 1. The molecule has 0 heterocycles. The van der Waals surface area contributed by atoms with E-state index in [1.54, 1.807) is 0 Å². The maximum absolute atomic E-state index is 12.6. The smallest absolute Gasteiger partial charge is 0.155 e. The number of Topliss-reactive ketones (excluding diaryl/α,β-unsaturated/α-hetero) is 1. The van der Waals surface area contributed by atoms with E-state index in [1.807, 2.05) is 48.5 Å². The van der Waals surface area contributed by atoms with Gasteiger partial charge in [0, 0.05) is 11.5 Å². The van der Waals surface area contributed by atoms with Crippen molar-refractivity contribution in [2.24, 2.45) is 5.92 Å². The number of benzene rings is 2. The van der Waals surface area contributed by atoms with Gasteiger partial charge in [-0.1, -0.05) is 66.8 Å². The summed E-state index contributed by atoms with van der Waals surface area (Å²) in [4.78, 5) is 12.6. The van der Waals surface area contributed by atoms with E-state index in [0.717, 1.165) is 30.4 Å². The van der Waals surface area contributed by atoms with Crippen molar-refractivity contribution in [2.45, 2.75) is 25.2 Å². The molecule has 0 bridgehead atoms. The normalized spacial score (nSPS) is 21.4. The number of hydrogen-bond donors (Lipinski definition) is 0. The summed E-state index contributed by atoms with van der Waals surface area (Å²) < 4.78 is 0. The van der Waals surface area contributed by atoms with Crippen molar-refractivity contribution in [3.63, 3.8) is 0 Å². The predicted octanol–water partition coefficient (Wildman–Crippen LogP) is 4.19. The first-order valence-electron chi connectivity index (χ1n) is 7.50. The molecule has 2 aromatic carbocycles. The second-order valence-corrected chi connectivity index (χ2v) is 5.48. The quantitative estimate of drug-likeness (QED) is 0.713. The molecule has 21 heavy (non-hydrogen) atoms. The molecule has 0 aliphatic heterocycles. The van der Waals surface area contributed by atoms with Crippen molar-refractivity contribution >= 4 is 5.78 Å². The Morgan fingerprint density at radius 1 is 0.857 bits per heavy atom. The Morgan fingerprint density at radius 2 is 1.52 bits per heavy atom. The zero-order valence-corrected chi connectivity index (χ0v) is 12.0. The van der Waals surface area contributed by atoms with Crippen LogP contribution in [0.1, 0.15) is 36.3 Å². The largest absolute Gasteiger partial charge is 0.298 e. The average molecular weight is 274 g/mol. The van der Waals surface area contributed by atoms with Crippen LogP contribution in [0.5, 0.6) is 0 Å². The summed E-state index contributed by atoms with van der Waals surface area (Å²) in [5, 5.41) is 0. The maximum Gasteiger partial charge on any atom is 0.155 e. The van der Waals surface area contributed by atoms with Gasteiger partial charge in [-0.15, -0.1) is 0 Å². The summed E-state index contributed by atoms with van der Waals surface area (Å²) in [5.41, 5.74) is 2.11. The van der Waals surface area contributed by atoms with Gasteiger partial charge in [-0.05, 0) is 30.5 Å². The lowest BCUT2D eigenvalue weighted by Gasteiger charge is -2.25. The van der Waals surface area contributed by atoms with E-state index in [2.05, 4.69) is 24.0 Å². The molecular weight excluding hydrogens is 256 g/mol. The van der Waals surface area contributed by atoms with Crippen LogP contribution in [0.3, 0.4) is 0 Å². The Labute approximate surface area is 126 Å². The van der Waals surface area contributed by atoms with Crippen molar-refractivity contribution in [1.82, 2.24) is 0 Å². The Balaban J connectivity index is 1.79. The van der Waals surface area contributed by atoms with Gasteiger partial charge in [0.15, 0.2) is 5.78 Å². The topological polar surface area (TPSA) is 17.1 Å². The minimum atomic E-state index is -0.121. The van der Waals surface area contributed by atoms with Crippen molar-refractivity contribution in [1.29, 1.82) is 0 Å². The van der Waals surface area contributed by atoms with Crippen LogP contribution < -0.4 is 0 Å². The van der Waals surface area contributed by atoms with Crippen LogP contribution in [-0.4, -0.2) is 5.78 Å². The summed E-state index contributed by atoms with van der Waals surface area (Å²) in [6, 6.07) is 20.0. The Hall–Kier alpha value is -2.33. The molecule has 0 saturated heterocycles. The van der Waals surface area contributed by atoms with Crippen LogP contribution in [0.4, 0.5) is 0 Å². The second kappa shape index (κ2) is 6.41. The lowest BCUT2D eigenvalue weighted by molar-refractivity contribution is -0.124. The molecule has 0 unspecified atom stereocenters. The van der Waals surface area contributed by atoms with Gasteiger partial charge in [0.25, 0.3) is 0 Å². The van der Waals surface area contributed by atoms with Crippen LogP contribution in [0.15, 0.2) is 60.7 Å². The fraction of sp³-hybridized carbons (Fsp3) is 0.250. The highest BCUT2D eigenvalue weighted by Crippen LogP contribution is 2.32. The first-order chi connectivity index (χ1) is 10.3. The number of ketones is 1. The van der Waals surface area contributed by atoms with Crippen LogP contribution >= 0.6 is 0 Å². The third kappa shape index (κ3) is 3.23. The molecule has 1 fully saturated rings. The molecule has 2 atom stereocenters. The molecule has 3 rings (SSSR count). The summed E-state index contributed by atoms with van der Waals surface area (Å²) >= 11 is 0. The minimum Gasteiger partial charge on any atom is -0.298 e. The van der Waals surface area contributed by atoms with E-state index in [9.17, 15) is 4.79 Å². The first-order valence-corrected chi connectivity index (χ1v) is 7.50. The van der Waals surface area contributed by atoms with Gasteiger partial charge in [-0.3, -0.25) is 4.79 Å². The van der Waals surface area contributed by atoms with Crippen LogP contribution in [-0.2, 0) is 4.79 Å². The number of carbonyl (C=O) groups excluding carboxylic acids is 1. The SMILES string of the molecule is O=C1[C@H](c2ccccc2)CCC[C@@H]1C#Cc1ccccc1. The van der Waals surface area contributed by atoms with E-state index < -0.39 is 0 Å². The van der Waals surface area contributed by atoms with E-state index in [0.29, 0.717) is 0 Å².